The van der Waals surface area contributed by atoms with Gasteiger partial charge in [0.15, 0.2) is 0 Å². The van der Waals surface area contributed by atoms with Crippen molar-refractivity contribution in [1.29, 1.82) is 0 Å². The van der Waals surface area contributed by atoms with Crippen LogP contribution in [0.25, 0.3) is 43.8 Å². The molecule has 0 amide bonds. The van der Waals surface area contributed by atoms with Crippen molar-refractivity contribution in [1.82, 2.24) is 0 Å². The molecular formula is C42H48Cl2SiZr-2. The summed E-state index contributed by atoms with van der Waals surface area (Å²) in [5.41, 5.74) is 12.7. The molecule has 6 rings (SSSR count). The zero-order chi connectivity index (χ0) is 32.2. The summed E-state index contributed by atoms with van der Waals surface area (Å²) in [4.78, 5) is 0. The van der Waals surface area contributed by atoms with Crippen LogP contribution in [0.15, 0.2) is 103 Å². The average Bonchev–Trinajstić information content (AvgIpc) is 3.57. The summed E-state index contributed by atoms with van der Waals surface area (Å²) in [5.74, 6) is 0.573. The Bertz CT molecular complexity index is 1860. The van der Waals surface area contributed by atoms with Gasteiger partial charge in [0.2, 0.25) is 0 Å². The number of rotatable bonds is 3. The second kappa shape index (κ2) is 17.3. The van der Waals surface area contributed by atoms with E-state index in [9.17, 15) is 0 Å². The minimum Gasteiger partial charge on any atom is -1.00 e. The van der Waals surface area contributed by atoms with Crippen LogP contribution < -0.4 is 24.8 Å². The van der Waals surface area contributed by atoms with E-state index in [-0.39, 0.29) is 35.7 Å². The van der Waals surface area contributed by atoms with Crippen LogP contribution in [0.1, 0.15) is 68.4 Å². The van der Waals surface area contributed by atoms with Gasteiger partial charge in [-0.15, -0.1) is 63.0 Å². The van der Waals surface area contributed by atoms with Gasteiger partial charge < -0.3 is 24.8 Å². The number of aryl methyl sites for hydroxylation is 2. The number of fused-ring (bicyclic) bond motifs is 2. The first-order valence-electron chi connectivity index (χ1n) is 15.8. The fourth-order valence-electron chi connectivity index (χ4n) is 5.72. The van der Waals surface area contributed by atoms with Crippen LogP contribution >= 0.6 is 0 Å². The molecule has 0 atom stereocenters. The molecule has 0 bridgehead atoms. The van der Waals surface area contributed by atoms with Crippen LogP contribution in [-0.2, 0) is 28.8 Å². The van der Waals surface area contributed by atoms with Gasteiger partial charge in [-0.3, -0.25) is 0 Å². The predicted molar refractivity (Wildman–Crippen MR) is 194 cm³/mol. The zero-order valence-electron chi connectivity index (χ0n) is 29.1. The molecule has 0 aliphatic rings. The topological polar surface area (TPSA) is 0 Å². The van der Waals surface area contributed by atoms with Crippen molar-refractivity contribution in [3.63, 3.8) is 0 Å². The Hall–Kier alpha value is -2.22. The Morgan fingerprint density at radius 1 is 0.674 bits per heavy atom. The Morgan fingerprint density at radius 3 is 1.85 bits per heavy atom. The Morgan fingerprint density at radius 2 is 1.28 bits per heavy atom. The number of halogens is 2. The predicted octanol–water partition coefficient (Wildman–Crippen LogP) is 6.59. The normalized spacial score (nSPS) is 10.8. The van der Waals surface area contributed by atoms with E-state index in [0.717, 1.165) is 0 Å². The molecule has 0 radical (unpaired) electrons. The third-order valence-corrected chi connectivity index (χ3v) is 8.24. The molecule has 6 aromatic rings. The Kier molecular flexibility index (Phi) is 15.0. The molecule has 0 fully saturated rings. The first-order valence-corrected chi connectivity index (χ1v) is 22.0. The quantitative estimate of drug-likeness (QED) is 0.142. The number of benzene rings is 4. The minimum absolute atomic E-state index is 0. The second-order valence-electron chi connectivity index (χ2n) is 13.7. The third kappa shape index (κ3) is 9.90. The molecule has 0 nitrogen and oxygen atoms in total. The monoisotopic (exact) mass is 740 g/mol. The molecule has 6 aromatic carbocycles. The molecule has 0 heterocycles. The Labute approximate surface area is 306 Å². The first kappa shape index (κ1) is 40.0. The van der Waals surface area contributed by atoms with E-state index in [4.69, 9.17) is 0 Å². The molecule has 0 aliphatic carbocycles. The van der Waals surface area contributed by atoms with Crippen LogP contribution in [0.2, 0.25) is 13.1 Å². The summed E-state index contributed by atoms with van der Waals surface area (Å²) in [5, 5.41) is 5.45. The SMILES string of the molecule is CC(C)c1cc2c(-c3ccc(C(C)(C)C)cc3)cccc2[cH-]1.C[Si](C)=[Zr+2].Cc1cc2c(-c3ccccc3)c(C)c(C)cc2[cH-]1.[Cl-].[Cl-]. The van der Waals surface area contributed by atoms with Crippen molar-refractivity contribution in [2.75, 3.05) is 0 Å². The molecule has 0 aromatic heterocycles. The summed E-state index contributed by atoms with van der Waals surface area (Å²) in [6.45, 7) is 22.5. The minimum atomic E-state index is 0. The van der Waals surface area contributed by atoms with Crippen molar-refractivity contribution >= 4 is 27.0 Å². The summed E-state index contributed by atoms with van der Waals surface area (Å²) in [7, 11) is 0. The Balaban J connectivity index is 0.000000280. The van der Waals surface area contributed by atoms with E-state index >= 15 is 0 Å². The van der Waals surface area contributed by atoms with E-state index in [1.807, 2.05) is 0 Å². The van der Waals surface area contributed by atoms with Crippen molar-refractivity contribution < 1.29 is 48.1 Å². The van der Waals surface area contributed by atoms with Crippen LogP contribution in [0, 0.1) is 20.8 Å². The van der Waals surface area contributed by atoms with Gasteiger partial charge in [-0.25, -0.2) is 0 Å². The largest absolute Gasteiger partial charge is 1.00 e. The third-order valence-electron chi connectivity index (χ3n) is 8.24. The van der Waals surface area contributed by atoms with Gasteiger partial charge in [0.25, 0.3) is 0 Å². The fraction of sp³-hybridized carbons (Fsp3) is 0.286. The van der Waals surface area contributed by atoms with Gasteiger partial charge in [0, 0.05) is 0 Å². The van der Waals surface area contributed by atoms with E-state index in [0.29, 0.717) is 5.92 Å². The molecule has 0 saturated carbocycles. The van der Waals surface area contributed by atoms with Gasteiger partial charge in [-0.2, -0.15) is 12.1 Å². The maximum atomic E-state index is 2.35. The van der Waals surface area contributed by atoms with Crippen LogP contribution in [0.4, 0.5) is 0 Å². The number of hydrogen-bond acceptors (Lipinski definition) is 0. The average molecular weight is 743 g/mol. The molecule has 0 spiro atoms. The van der Waals surface area contributed by atoms with E-state index in [2.05, 4.69) is 172 Å². The number of hydrogen-bond donors (Lipinski definition) is 0. The van der Waals surface area contributed by atoms with Gasteiger partial charge in [-0.05, 0) is 41.9 Å². The van der Waals surface area contributed by atoms with Gasteiger partial charge >= 0.3 is 41.9 Å². The second-order valence-corrected chi connectivity index (χ2v) is 23.0. The van der Waals surface area contributed by atoms with Crippen LogP contribution in [-0.4, -0.2) is 5.43 Å². The molecule has 4 heteroatoms. The van der Waals surface area contributed by atoms with Crippen LogP contribution in [0.3, 0.4) is 0 Å². The molecule has 0 aliphatic heterocycles. The maximum Gasteiger partial charge on any atom is -0.0276 e. The molecule has 0 N–H and O–H groups in total. The molecule has 0 saturated heterocycles. The first-order chi connectivity index (χ1) is 20.8. The van der Waals surface area contributed by atoms with Crippen molar-refractivity contribution in [2.24, 2.45) is 0 Å². The molecular weight excluding hydrogens is 695 g/mol. The maximum absolute atomic E-state index is 2.35. The van der Waals surface area contributed by atoms with Gasteiger partial charge in [0.05, 0.1) is 0 Å². The van der Waals surface area contributed by atoms with Crippen molar-refractivity contribution in [3.8, 4) is 22.3 Å². The van der Waals surface area contributed by atoms with E-state index < -0.39 is 0 Å². The molecule has 240 valence electrons. The van der Waals surface area contributed by atoms with Crippen molar-refractivity contribution in [2.45, 2.75) is 79.8 Å². The van der Waals surface area contributed by atoms with Gasteiger partial charge in [0.1, 0.15) is 0 Å². The van der Waals surface area contributed by atoms with E-state index in [1.54, 1.807) is 23.3 Å². The summed E-state index contributed by atoms with van der Waals surface area (Å²) >= 11 is 1.74. The summed E-state index contributed by atoms with van der Waals surface area (Å²) < 4.78 is 0. The summed E-state index contributed by atoms with van der Waals surface area (Å²) in [6, 6.07) is 37.9. The van der Waals surface area contributed by atoms with Crippen molar-refractivity contribution in [3.05, 3.63) is 131 Å². The zero-order valence-corrected chi connectivity index (χ0v) is 34.1. The van der Waals surface area contributed by atoms with E-state index in [1.165, 1.54) is 71.6 Å². The standard InChI is InChI=1S/C22H25.C18H17.C2H6Si.2ClH.Zr/c1-15(2)18-13-17-7-6-8-20(21(17)14-18)16-9-11-19(12-10-16)22(3,4)5;1-12-9-16-11-13(2)14(3)18(17(16)10-12)15-7-5-4-6-8-15;1-3-2;;;/h6-15H,1-5H3;4-11H,1-3H3;1-2H3;2*1H;/q2*-1;;;;+2/p-2. The smallest absolute Gasteiger partial charge is 0.0276 e. The fourth-order valence-corrected chi connectivity index (χ4v) is 5.72. The van der Waals surface area contributed by atoms with Gasteiger partial charge in [-0.1, -0.05) is 124 Å². The molecule has 46 heavy (non-hydrogen) atoms. The molecule has 0 unspecified atom stereocenters. The summed E-state index contributed by atoms with van der Waals surface area (Å²) in [6.07, 6.45) is 0. The van der Waals surface area contributed by atoms with Crippen LogP contribution in [0.5, 0.6) is 0 Å².